The summed E-state index contributed by atoms with van der Waals surface area (Å²) in [5, 5.41) is 12.5. The number of hydrogen-bond acceptors (Lipinski definition) is 3. The number of carboxylic acids is 1. The summed E-state index contributed by atoms with van der Waals surface area (Å²) >= 11 is 5.93. The minimum atomic E-state index is -0.811. The molecule has 1 aliphatic carbocycles. The van der Waals surface area contributed by atoms with Crippen LogP contribution in [-0.4, -0.2) is 23.5 Å². The molecule has 0 saturated heterocycles. The van der Waals surface area contributed by atoms with Gasteiger partial charge in [-0.3, -0.25) is 9.59 Å². The second kappa shape index (κ2) is 5.09. The first kappa shape index (κ1) is 13.7. The quantitative estimate of drug-likeness (QED) is 0.771. The fourth-order valence-corrected chi connectivity index (χ4v) is 2.52. The molecule has 1 aliphatic rings. The van der Waals surface area contributed by atoms with Gasteiger partial charge in [0.2, 0.25) is 0 Å². The molecule has 0 bridgehead atoms. The molecule has 0 unspecified atom stereocenters. The molecule has 0 atom stereocenters. The fraction of sp³-hybridized carbons (Fsp3) is 0.385. The van der Waals surface area contributed by atoms with Gasteiger partial charge in [0.25, 0.3) is 5.91 Å². The van der Waals surface area contributed by atoms with Gasteiger partial charge in [-0.15, -0.1) is 0 Å². The normalized spacial score (nSPS) is 16.5. The molecule has 1 saturated carbocycles. The van der Waals surface area contributed by atoms with Crippen LogP contribution in [0.3, 0.4) is 0 Å². The topological polar surface area (TPSA) is 92.4 Å². The van der Waals surface area contributed by atoms with Gasteiger partial charge >= 0.3 is 5.97 Å². The SMILES string of the molecule is NC(=O)c1c(Cl)cccc1NCC1(C(=O)O)CCC1. The van der Waals surface area contributed by atoms with Crippen molar-refractivity contribution in [3.8, 4) is 0 Å². The molecule has 6 heteroatoms. The average molecular weight is 283 g/mol. The Labute approximate surface area is 115 Å². The van der Waals surface area contributed by atoms with Gasteiger partial charge in [0.05, 0.1) is 16.0 Å². The van der Waals surface area contributed by atoms with Gasteiger partial charge in [-0.2, -0.15) is 0 Å². The molecule has 0 spiro atoms. The number of carboxylic acid groups (broad SMARTS) is 1. The van der Waals surface area contributed by atoms with E-state index in [0.717, 1.165) is 6.42 Å². The van der Waals surface area contributed by atoms with Crippen molar-refractivity contribution < 1.29 is 14.7 Å². The highest BCUT2D eigenvalue weighted by Crippen LogP contribution is 2.41. The summed E-state index contributed by atoms with van der Waals surface area (Å²) in [6.07, 6.45) is 2.19. The lowest BCUT2D eigenvalue weighted by Gasteiger charge is -2.38. The first-order valence-electron chi connectivity index (χ1n) is 6.02. The van der Waals surface area contributed by atoms with Crippen molar-refractivity contribution in [2.24, 2.45) is 11.1 Å². The van der Waals surface area contributed by atoms with Crippen LogP contribution in [0.5, 0.6) is 0 Å². The Bertz CT molecular complexity index is 527. The maximum atomic E-state index is 11.4. The van der Waals surface area contributed by atoms with Crippen molar-refractivity contribution in [3.63, 3.8) is 0 Å². The smallest absolute Gasteiger partial charge is 0.311 e. The lowest BCUT2D eigenvalue weighted by Crippen LogP contribution is -2.43. The highest BCUT2D eigenvalue weighted by molar-refractivity contribution is 6.34. The first-order valence-corrected chi connectivity index (χ1v) is 6.40. The number of anilines is 1. The van der Waals surface area contributed by atoms with E-state index in [9.17, 15) is 14.7 Å². The van der Waals surface area contributed by atoms with E-state index < -0.39 is 17.3 Å². The minimum absolute atomic E-state index is 0.198. The van der Waals surface area contributed by atoms with Crippen LogP contribution in [-0.2, 0) is 4.79 Å². The van der Waals surface area contributed by atoms with Crippen LogP contribution < -0.4 is 11.1 Å². The molecule has 0 heterocycles. The zero-order valence-electron chi connectivity index (χ0n) is 10.3. The van der Waals surface area contributed by atoms with E-state index in [0.29, 0.717) is 18.5 Å². The molecular weight excluding hydrogens is 268 g/mol. The molecule has 1 amide bonds. The largest absolute Gasteiger partial charge is 0.481 e. The number of halogens is 1. The second-order valence-electron chi connectivity index (χ2n) is 4.82. The van der Waals surface area contributed by atoms with Crippen molar-refractivity contribution in [2.45, 2.75) is 19.3 Å². The molecule has 0 aromatic heterocycles. The zero-order chi connectivity index (χ0) is 14.0. The lowest BCUT2D eigenvalue weighted by molar-refractivity contribution is -0.153. The molecule has 102 valence electrons. The monoisotopic (exact) mass is 282 g/mol. The number of carbonyl (C=O) groups excluding carboxylic acids is 1. The van der Waals surface area contributed by atoms with Gasteiger partial charge in [0.15, 0.2) is 0 Å². The van der Waals surface area contributed by atoms with Crippen LogP contribution in [0.25, 0.3) is 0 Å². The van der Waals surface area contributed by atoms with Gasteiger partial charge < -0.3 is 16.2 Å². The van der Waals surface area contributed by atoms with Crippen molar-refractivity contribution in [2.75, 3.05) is 11.9 Å². The molecule has 0 aliphatic heterocycles. The van der Waals surface area contributed by atoms with E-state index in [1.54, 1.807) is 18.2 Å². The van der Waals surface area contributed by atoms with E-state index in [4.69, 9.17) is 17.3 Å². The Morgan fingerprint density at radius 3 is 2.58 bits per heavy atom. The van der Waals surface area contributed by atoms with Gasteiger partial charge in [-0.05, 0) is 25.0 Å². The molecule has 0 radical (unpaired) electrons. The predicted octanol–water partition coefficient (Wildman–Crippen LogP) is 2.11. The summed E-state index contributed by atoms with van der Waals surface area (Å²) in [6.45, 7) is 0.267. The zero-order valence-corrected chi connectivity index (χ0v) is 11.0. The van der Waals surface area contributed by atoms with Crippen LogP contribution in [0, 0.1) is 5.41 Å². The number of rotatable bonds is 5. The van der Waals surface area contributed by atoms with Crippen LogP contribution in [0.1, 0.15) is 29.6 Å². The second-order valence-corrected chi connectivity index (χ2v) is 5.23. The number of amides is 1. The Morgan fingerprint density at radius 2 is 2.11 bits per heavy atom. The van der Waals surface area contributed by atoms with Crippen molar-refractivity contribution >= 4 is 29.2 Å². The van der Waals surface area contributed by atoms with E-state index in [1.165, 1.54) is 0 Å². The van der Waals surface area contributed by atoms with Crippen LogP contribution in [0.2, 0.25) is 5.02 Å². The third kappa shape index (κ3) is 2.51. The van der Waals surface area contributed by atoms with Crippen molar-refractivity contribution in [3.05, 3.63) is 28.8 Å². The van der Waals surface area contributed by atoms with Gasteiger partial charge in [0, 0.05) is 12.2 Å². The number of hydrogen-bond donors (Lipinski definition) is 3. The van der Waals surface area contributed by atoms with E-state index in [2.05, 4.69) is 5.32 Å². The Morgan fingerprint density at radius 1 is 1.42 bits per heavy atom. The molecule has 5 nitrogen and oxygen atoms in total. The summed E-state index contributed by atoms with van der Waals surface area (Å²) in [5.41, 5.74) is 5.22. The molecule has 1 fully saturated rings. The Hall–Kier alpha value is -1.75. The third-order valence-electron chi connectivity index (χ3n) is 3.64. The number of carbonyl (C=O) groups is 2. The van der Waals surface area contributed by atoms with Crippen molar-refractivity contribution in [1.82, 2.24) is 0 Å². The summed E-state index contributed by atoms with van der Waals surface area (Å²) in [7, 11) is 0. The maximum Gasteiger partial charge on any atom is 0.311 e. The van der Waals surface area contributed by atoms with Gasteiger partial charge in [-0.25, -0.2) is 0 Å². The van der Waals surface area contributed by atoms with E-state index in [-0.39, 0.29) is 17.1 Å². The molecular formula is C13H15ClN2O3. The predicted molar refractivity (Wildman–Crippen MR) is 72.4 cm³/mol. The highest BCUT2D eigenvalue weighted by atomic mass is 35.5. The standard InChI is InChI=1S/C13H15ClN2O3/c14-8-3-1-4-9(10(8)11(15)17)16-7-13(12(18)19)5-2-6-13/h1,3-4,16H,2,5-7H2,(H2,15,17)(H,18,19). The van der Waals surface area contributed by atoms with Crippen molar-refractivity contribution in [1.29, 1.82) is 0 Å². The minimum Gasteiger partial charge on any atom is -0.481 e. The molecule has 19 heavy (non-hydrogen) atoms. The summed E-state index contributed by atoms with van der Waals surface area (Å²) in [4.78, 5) is 22.6. The number of aliphatic carboxylic acids is 1. The number of nitrogens with one attached hydrogen (secondary N) is 1. The number of primary amides is 1. The molecule has 4 N–H and O–H groups in total. The molecule has 2 rings (SSSR count). The number of benzene rings is 1. The van der Waals surface area contributed by atoms with Crippen LogP contribution in [0.15, 0.2) is 18.2 Å². The van der Waals surface area contributed by atoms with Gasteiger partial charge in [-0.1, -0.05) is 24.1 Å². The number of nitrogens with two attached hydrogens (primary N) is 1. The summed E-state index contributed by atoms with van der Waals surface area (Å²) in [5.74, 6) is -1.44. The van der Waals surface area contributed by atoms with Crippen LogP contribution >= 0.6 is 11.6 Å². The first-order chi connectivity index (χ1) is 8.96. The molecule has 1 aromatic carbocycles. The Kier molecular flexibility index (Phi) is 3.66. The fourth-order valence-electron chi connectivity index (χ4n) is 2.26. The molecule has 1 aromatic rings. The van der Waals surface area contributed by atoms with Gasteiger partial charge in [0.1, 0.15) is 0 Å². The lowest BCUT2D eigenvalue weighted by atomic mass is 9.69. The maximum absolute atomic E-state index is 11.4. The van der Waals surface area contributed by atoms with Crippen LogP contribution in [0.4, 0.5) is 5.69 Å². The van der Waals surface area contributed by atoms with E-state index >= 15 is 0 Å². The summed E-state index contributed by atoms with van der Waals surface area (Å²) < 4.78 is 0. The van der Waals surface area contributed by atoms with E-state index in [1.807, 2.05) is 0 Å². The average Bonchev–Trinajstić information content (AvgIpc) is 2.26. The highest BCUT2D eigenvalue weighted by Gasteiger charge is 2.44. The summed E-state index contributed by atoms with van der Waals surface area (Å²) in [6, 6.07) is 4.93. The Balaban J connectivity index is 2.18. The third-order valence-corrected chi connectivity index (χ3v) is 3.96.